The molecule has 180 valence electrons. The number of hydrogen-bond donors (Lipinski definition) is 0. The minimum Gasteiger partial charge on any atom is -0.279 e. The van der Waals surface area contributed by atoms with Crippen molar-refractivity contribution < 1.29 is 0 Å². The Morgan fingerprint density at radius 3 is 2.18 bits per heavy atom. The zero-order chi connectivity index (χ0) is 24.7. The molecule has 1 unspecified atom stereocenters. The Hall–Kier alpha value is -2.42. The van der Waals surface area contributed by atoms with Gasteiger partial charge in [-0.25, -0.2) is 9.97 Å². The molecule has 0 bridgehead atoms. The second-order valence-electron chi connectivity index (χ2n) is 12.6. The summed E-state index contributed by atoms with van der Waals surface area (Å²) in [7, 11) is 0. The van der Waals surface area contributed by atoms with E-state index in [2.05, 4.69) is 103 Å². The SMILES string of the molecule is CCC1(CC)CC(C)(C)c2cc3c(cc21)nc1c2ccccc2nc(C(C)(CC)C(C)(C)C)n31. The average molecular weight is 456 g/mol. The first-order valence-electron chi connectivity index (χ1n) is 13.2. The van der Waals surface area contributed by atoms with Crippen LogP contribution in [0.15, 0.2) is 36.4 Å². The van der Waals surface area contributed by atoms with Crippen LogP contribution < -0.4 is 0 Å². The predicted octanol–water partition coefficient (Wildman–Crippen LogP) is 8.49. The first kappa shape index (κ1) is 23.3. The van der Waals surface area contributed by atoms with E-state index >= 15 is 0 Å². The van der Waals surface area contributed by atoms with Gasteiger partial charge in [0, 0.05) is 10.8 Å². The molecule has 2 aromatic carbocycles. The van der Waals surface area contributed by atoms with Gasteiger partial charge in [-0.15, -0.1) is 0 Å². The van der Waals surface area contributed by atoms with E-state index in [4.69, 9.17) is 9.97 Å². The second-order valence-corrected chi connectivity index (χ2v) is 12.6. The van der Waals surface area contributed by atoms with Gasteiger partial charge in [-0.05, 0) is 77.3 Å². The van der Waals surface area contributed by atoms with Crippen molar-refractivity contribution in [3.8, 4) is 0 Å². The van der Waals surface area contributed by atoms with E-state index < -0.39 is 0 Å². The van der Waals surface area contributed by atoms with Crippen molar-refractivity contribution in [3.63, 3.8) is 0 Å². The fourth-order valence-electron chi connectivity index (χ4n) is 6.75. The van der Waals surface area contributed by atoms with Crippen LogP contribution >= 0.6 is 0 Å². The lowest BCUT2D eigenvalue weighted by atomic mass is 9.65. The van der Waals surface area contributed by atoms with E-state index in [1.807, 2.05) is 0 Å². The van der Waals surface area contributed by atoms with Crippen LogP contribution in [-0.4, -0.2) is 14.4 Å². The molecule has 34 heavy (non-hydrogen) atoms. The number of imidazole rings is 1. The molecule has 2 heterocycles. The summed E-state index contributed by atoms with van der Waals surface area (Å²) in [4.78, 5) is 10.7. The van der Waals surface area contributed by atoms with Gasteiger partial charge in [0.05, 0.1) is 16.6 Å². The van der Waals surface area contributed by atoms with Crippen LogP contribution in [0.5, 0.6) is 0 Å². The Kier molecular flexibility index (Phi) is 5.00. The molecule has 0 saturated carbocycles. The monoisotopic (exact) mass is 455 g/mol. The Morgan fingerprint density at radius 2 is 1.56 bits per heavy atom. The van der Waals surface area contributed by atoms with Gasteiger partial charge < -0.3 is 0 Å². The van der Waals surface area contributed by atoms with Crippen LogP contribution in [0.2, 0.25) is 0 Å². The van der Waals surface area contributed by atoms with E-state index in [9.17, 15) is 0 Å². The van der Waals surface area contributed by atoms with Crippen molar-refractivity contribution in [1.29, 1.82) is 0 Å². The highest BCUT2D eigenvalue weighted by atomic mass is 15.1. The van der Waals surface area contributed by atoms with Crippen molar-refractivity contribution in [2.24, 2.45) is 5.41 Å². The molecule has 0 N–H and O–H groups in total. The number of rotatable bonds is 4. The summed E-state index contributed by atoms with van der Waals surface area (Å²) in [5.74, 6) is 1.13. The Bertz CT molecular complexity index is 1410. The maximum absolute atomic E-state index is 5.35. The van der Waals surface area contributed by atoms with Crippen LogP contribution in [0.1, 0.15) is 105 Å². The van der Waals surface area contributed by atoms with Gasteiger partial charge >= 0.3 is 0 Å². The zero-order valence-corrected chi connectivity index (χ0v) is 22.6. The summed E-state index contributed by atoms with van der Waals surface area (Å²) in [5, 5.41) is 1.13. The lowest BCUT2D eigenvalue weighted by Gasteiger charge is -2.41. The number of para-hydroxylation sites is 1. The van der Waals surface area contributed by atoms with E-state index in [-0.39, 0.29) is 21.7 Å². The first-order valence-corrected chi connectivity index (χ1v) is 13.2. The molecule has 0 fully saturated rings. The number of nitrogens with zero attached hydrogens (tertiary/aromatic N) is 3. The standard InChI is InChI=1S/C31H41N3/c1-10-30(9,28(4,5)6)27-33-23-16-14-13-15-20(23)26-32-24-17-22-21(18-25(24)34(26)27)29(7,8)19-31(22,11-2)12-3/h13-18H,10-12,19H2,1-9H3. The van der Waals surface area contributed by atoms with Gasteiger partial charge in [-0.2, -0.15) is 0 Å². The molecule has 3 nitrogen and oxygen atoms in total. The molecule has 1 aliphatic carbocycles. The van der Waals surface area contributed by atoms with Crippen LogP contribution in [0.3, 0.4) is 0 Å². The third-order valence-corrected chi connectivity index (χ3v) is 9.67. The topological polar surface area (TPSA) is 30.2 Å². The molecule has 4 aromatic rings. The van der Waals surface area contributed by atoms with Gasteiger partial charge in [0.1, 0.15) is 11.5 Å². The molecule has 1 aliphatic rings. The molecular weight excluding hydrogens is 414 g/mol. The molecule has 0 saturated heterocycles. The number of benzene rings is 2. The fourth-order valence-corrected chi connectivity index (χ4v) is 6.75. The molecule has 0 aliphatic heterocycles. The fraction of sp³-hybridized carbons (Fsp3) is 0.548. The minimum atomic E-state index is -0.103. The van der Waals surface area contributed by atoms with E-state index in [0.29, 0.717) is 0 Å². The third kappa shape index (κ3) is 2.94. The summed E-state index contributed by atoms with van der Waals surface area (Å²) < 4.78 is 2.40. The molecule has 0 radical (unpaired) electrons. The maximum Gasteiger partial charge on any atom is 0.148 e. The molecular formula is C31H41N3. The highest BCUT2D eigenvalue weighted by molar-refractivity contribution is 5.97. The molecule has 0 spiro atoms. The van der Waals surface area contributed by atoms with E-state index in [0.717, 1.165) is 34.3 Å². The quantitative estimate of drug-likeness (QED) is 0.309. The third-order valence-electron chi connectivity index (χ3n) is 9.67. The largest absolute Gasteiger partial charge is 0.279 e. The summed E-state index contributed by atoms with van der Waals surface area (Å²) in [6.07, 6.45) is 4.57. The number of hydrogen-bond acceptors (Lipinski definition) is 2. The lowest BCUT2D eigenvalue weighted by Crippen LogP contribution is -2.39. The molecule has 1 atom stereocenters. The van der Waals surface area contributed by atoms with Crippen molar-refractivity contribution in [3.05, 3.63) is 53.3 Å². The lowest BCUT2D eigenvalue weighted by molar-refractivity contribution is 0.184. The van der Waals surface area contributed by atoms with Gasteiger partial charge in [-0.3, -0.25) is 4.40 Å². The molecule has 2 aromatic heterocycles. The van der Waals surface area contributed by atoms with Crippen LogP contribution in [0.25, 0.3) is 27.6 Å². The summed E-state index contributed by atoms with van der Waals surface area (Å²) >= 11 is 0. The molecule has 3 heteroatoms. The van der Waals surface area contributed by atoms with Crippen molar-refractivity contribution in [1.82, 2.24) is 14.4 Å². The summed E-state index contributed by atoms with van der Waals surface area (Å²) in [6.45, 7) is 21.3. The zero-order valence-electron chi connectivity index (χ0n) is 22.6. The van der Waals surface area contributed by atoms with Gasteiger partial charge in [0.15, 0.2) is 0 Å². The minimum absolute atomic E-state index is 0.0519. The van der Waals surface area contributed by atoms with Crippen molar-refractivity contribution >= 4 is 27.6 Å². The van der Waals surface area contributed by atoms with Gasteiger partial charge in [0.25, 0.3) is 0 Å². The highest BCUT2D eigenvalue weighted by Gasteiger charge is 2.46. The molecule has 0 amide bonds. The normalized spacial score (nSPS) is 19.1. The maximum atomic E-state index is 5.35. The Morgan fingerprint density at radius 1 is 0.882 bits per heavy atom. The van der Waals surface area contributed by atoms with Crippen molar-refractivity contribution in [2.45, 2.75) is 104 Å². The van der Waals surface area contributed by atoms with Crippen LogP contribution in [0.4, 0.5) is 0 Å². The smallest absolute Gasteiger partial charge is 0.148 e. The molecule has 5 rings (SSSR count). The average Bonchev–Trinajstić information content (AvgIpc) is 3.29. The number of fused-ring (bicyclic) bond motifs is 6. The predicted molar refractivity (Wildman–Crippen MR) is 145 cm³/mol. The Balaban J connectivity index is 1.97. The van der Waals surface area contributed by atoms with Crippen LogP contribution in [-0.2, 0) is 16.2 Å². The summed E-state index contributed by atoms with van der Waals surface area (Å²) in [5.41, 5.74) is 7.76. The summed E-state index contributed by atoms with van der Waals surface area (Å²) in [6, 6.07) is 13.4. The van der Waals surface area contributed by atoms with E-state index in [1.165, 1.54) is 35.9 Å². The van der Waals surface area contributed by atoms with Gasteiger partial charge in [0.2, 0.25) is 0 Å². The van der Waals surface area contributed by atoms with E-state index in [1.54, 1.807) is 0 Å². The van der Waals surface area contributed by atoms with Crippen LogP contribution in [0, 0.1) is 5.41 Å². The number of aromatic nitrogens is 3. The van der Waals surface area contributed by atoms with Crippen molar-refractivity contribution in [2.75, 3.05) is 0 Å². The Labute approximate surface area is 205 Å². The highest BCUT2D eigenvalue weighted by Crippen LogP contribution is 2.54. The first-order chi connectivity index (χ1) is 15.9. The second kappa shape index (κ2) is 7.29. The van der Waals surface area contributed by atoms with Gasteiger partial charge in [-0.1, -0.05) is 74.4 Å².